The SMILES string of the molecule is Cc1nc2ccccc2nc1C(OC(=O)c1cccc(Cl)c1)c1ccccc1. The monoisotopic (exact) mass is 388 g/mol. The second kappa shape index (κ2) is 7.79. The predicted molar refractivity (Wildman–Crippen MR) is 109 cm³/mol. The van der Waals surface area contributed by atoms with Crippen LogP contribution in [-0.2, 0) is 4.74 Å². The molecule has 4 nitrogen and oxygen atoms in total. The summed E-state index contributed by atoms with van der Waals surface area (Å²) in [5.41, 5.74) is 4.09. The van der Waals surface area contributed by atoms with Gasteiger partial charge in [0, 0.05) is 5.02 Å². The van der Waals surface area contributed by atoms with Gasteiger partial charge in [-0.2, -0.15) is 0 Å². The second-order valence-electron chi connectivity index (χ2n) is 6.39. The molecule has 0 aliphatic rings. The zero-order chi connectivity index (χ0) is 19.5. The maximum Gasteiger partial charge on any atom is 0.339 e. The molecule has 1 atom stereocenters. The summed E-state index contributed by atoms with van der Waals surface area (Å²) in [6.45, 7) is 1.87. The van der Waals surface area contributed by atoms with Gasteiger partial charge in [-0.05, 0) is 42.8 Å². The molecule has 0 amide bonds. The third-order valence-corrected chi connectivity index (χ3v) is 4.65. The Balaban J connectivity index is 1.79. The second-order valence-corrected chi connectivity index (χ2v) is 6.83. The van der Waals surface area contributed by atoms with Gasteiger partial charge in [-0.1, -0.05) is 60.1 Å². The van der Waals surface area contributed by atoms with Crippen LogP contribution in [0.25, 0.3) is 11.0 Å². The molecule has 0 aliphatic carbocycles. The fourth-order valence-electron chi connectivity index (χ4n) is 3.05. The maximum absolute atomic E-state index is 12.8. The van der Waals surface area contributed by atoms with Crippen LogP contribution >= 0.6 is 11.6 Å². The van der Waals surface area contributed by atoms with Gasteiger partial charge in [-0.3, -0.25) is 0 Å². The summed E-state index contributed by atoms with van der Waals surface area (Å²) in [4.78, 5) is 22.2. The lowest BCUT2D eigenvalue weighted by atomic mass is 10.0. The molecular formula is C23H17ClN2O2. The molecule has 0 aliphatic heterocycles. The lowest BCUT2D eigenvalue weighted by Crippen LogP contribution is -2.16. The number of rotatable bonds is 4. The zero-order valence-electron chi connectivity index (χ0n) is 15.2. The highest BCUT2D eigenvalue weighted by molar-refractivity contribution is 6.30. The number of aryl methyl sites for hydroxylation is 1. The first-order chi connectivity index (χ1) is 13.6. The summed E-state index contributed by atoms with van der Waals surface area (Å²) in [7, 11) is 0. The van der Waals surface area contributed by atoms with Crippen LogP contribution in [0.15, 0.2) is 78.9 Å². The molecule has 0 bridgehead atoms. The molecule has 28 heavy (non-hydrogen) atoms. The lowest BCUT2D eigenvalue weighted by Gasteiger charge is -2.20. The summed E-state index contributed by atoms with van der Waals surface area (Å²) in [6, 6.07) is 23.9. The van der Waals surface area contributed by atoms with Crippen molar-refractivity contribution in [3.63, 3.8) is 0 Å². The van der Waals surface area contributed by atoms with Crippen LogP contribution in [0, 0.1) is 6.92 Å². The third kappa shape index (κ3) is 3.73. The van der Waals surface area contributed by atoms with Crippen molar-refractivity contribution in [3.05, 3.63) is 106 Å². The van der Waals surface area contributed by atoms with E-state index in [1.54, 1.807) is 24.3 Å². The molecule has 0 N–H and O–H groups in total. The minimum Gasteiger partial charge on any atom is -0.447 e. The van der Waals surface area contributed by atoms with Gasteiger partial charge in [0.2, 0.25) is 0 Å². The van der Waals surface area contributed by atoms with Crippen LogP contribution in [0.5, 0.6) is 0 Å². The summed E-state index contributed by atoms with van der Waals surface area (Å²) in [6.07, 6.45) is -0.676. The van der Waals surface area contributed by atoms with Crippen molar-refractivity contribution in [2.24, 2.45) is 0 Å². The molecule has 1 unspecified atom stereocenters. The molecule has 1 aromatic heterocycles. The average molecular weight is 389 g/mol. The van der Waals surface area contributed by atoms with E-state index in [1.807, 2.05) is 61.5 Å². The number of para-hydroxylation sites is 2. The largest absolute Gasteiger partial charge is 0.447 e. The maximum atomic E-state index is 12.8. The van der Waals surface area contributed by atoms with Crippen molar-refractivity contribution in [2.75, 3.05) is 0 Å². The minimum atomic E-state index is -0.676. The first-order valence-electron chi connectivity index (χ1n) is 8.86. The standard InChI is InChI=1S/C23H17ClN2O2/c1-15-21(26-20-13-6-5-12-19(20)25-15)22(16-8-3-2-4-9-16)28-23(27)17-10-7-11-18(24)14-17/h2-14,22H,1H3. The van der Waals surface area contributed by atoms with E-state index >= 15 is 0 Å². The molecule has 0 spiro atoms. The molecule has 0 saturated heterocycles. The molecule has 1 heterocycles. The van der Waals surface area contributed by atoms with Gasteiger partial charge in [0.25, 0.3) is 0 Å². The predicted octanol–water partition coefficient (Wildman–Crippen LogP) is 5.54. The Morgan fingerprint density at radius 2 is 1.57 bits per heavy atom. The molecule has 138 valence electrons. The molecule has 0 saturated carbocycles. The van der Waals surface area contributed by atoms with Crippen molar-refractivity contribution >= 4 is 28.6 Å². The number of hydrogen-bond acceptors (Lipinski definition) is 4. The molecule has 5 heteroatoms. The minimum absolute atomic E-state index is 0.389. The number of fused-ring (bicyclic) bond motifs is 1. The third-order valence-electron chi connectivity index (χ3n) is 4.42. The Bertz CT molecular complexity index is 1150. The number of halogens is 1. The van der Waals surface area contributed by atoms with E-state index in [1.165, 1.54) is 0 Å². The first-order valence-corrected chi connectivity index (χ1v) is 9.24. The number of benzene rings is 3. The number of nitrogens with zero attached hydrogens (tertiary/aromatic N) is 2. The van der Waals surface area contributed by atoms with Crippen molar-refractivity contribution in [2.45, 2.75) is 13.0 Å². The van der Waals surface area contributed by atoms with Gasteiger partial charge in [0.1, 0.15) is 5.69 Å². The highest BCUT2D eigenvalue weighted by Crippen LogP contribution is 2.29. The zero-order valence-corrected chi connectivity index (χ0v) is 15.9. The molecular weight excluding hydrogens is 372 g/mol. The Morgan fingerprint density at radius 3 is 2.29 bits per heavy atom. The molecule has 0 fully saturated rings. The van der Waals surface area contributed by atoms with Crippen molar-refractivity contribution in [1.82, 2.24) is 9.97 Å². The average Bonchev–Trinajstić information content (AvgIpc) is 2.72. The van der Waals surface area contributed by atoms with E-state index in [9.17, 15) is 4.79 Å². The van der Waals surface area contributed by atoms with Crippen LogP contribution in [0.2, 0.25) is 5.02 Å². The van der Waals surface area contributed by atoms with Crippen LogP contribution in [-0.4, -0.2) is 15.9 Å². The van der Waals surface area contributed by atoms with Crippen molar-refractivity contribution in [1.29, 1.82) is 0 Å². The topological polar surface area (TPSA) is 52.1 Å². The van der Waals surface area contributed by atoms with E-state index in [2.05, 4.69) is 4.98 Å². The van der Waals surface area contributed by atoms with E-state index in [0.717, 1.165) is 16.6 Å². The number of hydrogen-bond donors (Lipinski definition) is 0. The van der Waals surface area contributed by atoms with E-state index in [4.69, 9.17) is 21.3 Å². The quantitative estimate of drug-likeness (QED) is 0.431. The Morgan fingerprint density at radius 1 is 0.893 bits per heavy atom. The summed E-state index contributed by atoms with van der Waals surface area (Å²) in [5.74, 6) is -0.467. The van der Waals surface area contributed by atoms with E-state index < -0.39 is 12.1 Å². The Labute approximate surface area is 167 Å². The Kier molecular flexibility index (Phi) is 5.04. The fourth-order valence-corrected chi connectivity index (χ4v) is 3.24. The van der Waals surface area contributed by atoms with Gasteiger partial charge in [0.15, 0.2) is 6.10 Å². The van der Waals surface area contributed by atoms with Gasteiger partial charge in [0.05, 0.1) is 22.3 Å². The van der Waals surface area contributed by atoms with Crippen LogP contribution in [0.1, 0.15) is 33.4 Å². The molecule has 4 aromatic rings. The van der Waals surface area contributed by atoms with Gasteiger partial charge >= 0.3 is 5.97 Å². The fraction of sp³-hybridized carbons (Fsp3) is 0.0870. The highest BCUT2D eigenvalue weighted by Gasteiger charge is 2.24. The molecule has 0 radical (unpaired) electrons. The van der Waals surface area contributed by atoms with Crippen LogP contribution in [0.3, 0.4) is 0 Å². The molecule has 4 rings (SSSR count). The van der Waals surface area contributed by atoms with Crippen molar-refractivity contribution in [3.8, 4) is 0 Å². The summed E-state index contributed by atoms with van der Waals surface area (Å²) in [5, 5.41) is 0.479. The number of carbonyl (C=O) groups is 1. The highest BCUT2D eigenvalue weighted by atomic mass is 35.5. The van der Waals surface area contributed by atoms with E-state index in [-0.39, 0.29) is 0 Å². The van der Waals surface area contributed by atoms with Gasteiger partial charge < -0.3 is 4.74 Å². The van der Waals surface area contributed by atoms with Crippen LogP contribution in [0.4, 0.5) is 0 Å². The van der Waals surface area contributed by atoms with Crippen molar-refractivity contribution < 1.29 is 9.53 Å². The lowest BCUT2D eigenvalue weighted by molar-refractivity contribution is 0.0369. The summed E-state index contributed by atoms with van der Waals surface area (Å²) < 4.78 is 5.89. The first kappa shape index (κ1) is 18.1. The number of ether oxygens (including phenoxy) is 1. The number of carbonyl (C=O) groups excluding carboxylic acids is 1. The number of aromatic nitrogens is 2. The smallest absolute Gasteiger partial charge is 0.339 e. The van der Waals surface area contributed by atoms with Crippen LogP contribution < -0.4 is 0 Å². The van der Waals surface area contributed by atoms with Gasteiger partial charge in [-0.25, -0.2) is 14.8 Å². The summed E-state index contributed by atoms with van der Waals surface area (Å²) >= 11 is 6.02. The van der Waals surface area contributed by atoms with Gasteiger partial charge in [-0.15, -0.1) is 0 Å². The normalized spacial score (nSPS) is 11.9. The molecule has 3 aromatic carbocycles. The number of esters is 1. The van der Waals surface area contributed by atoms with E-state index in [0.29, 0.717) is 22.0 Å². The Hall–Kier alpha value is -3.24.